The van der Waals surface area contributed by atoms with Crippen LogP contribution in [0.3, 0.4) is 0 Å². The summed E-state index contributed by atoms with van der Waals surface area (Å²) in [6, 6.07) is 12.8. The van der Waals surface area contributed by atoms with E-state index in [1.54, 1.807) is 43.9 Å². The Kier molecular flexibility index (Phi) is 10.3. The molecular formula is C29H35ClN2O6. The zero-order valence-corrected chi connectivity index (χ0v) is 23.2. The van der Waals surface area contributed by atoms with E-state index in [1.165, 1.54) is 7.11 Å². The molecule has 2 amide bonds. The average Bonchev–Trinajstić information content (AvgIpc) is 2.85. The third-order valence-electron chi connectivity index (χ3n) is 5.87. The van der Waals surface area contributed by atoms with Crippen LogP contribution in [0.25, 0.3) is 0 Å². The van der Waals surface area contributed by atoms with E-state index in [4.69, 9.17) is 25.8 Å². The number of methoxy groups -OCH3 is 1. The van der Waals surface area contributed by atoms with Gasteiger partial charge >= 0.3 is 12.1 Å². The van der Waals surface area contributed by atoms with Crippen LogP contribution < -0.4 is 4.74 Å². The van der Waals surface area contributed by atoms with Crippen LogP contribution >= 0.6 is 11.6 Å². The molecule has 1 heterocycles. The van der Waals surface area contributed by atoms with E-state index in [0.717, 1.165) is 36.0 Å². The zero-order chi connectivity index (χ0) is 27.7. The first kappa shape index (κ1) is 29.2. The number of aliphatic imine (C=N–C) groups is 1. The number of carbonyl (C=O) groups is 3. The molecule has 0 radical (unpaired) electrons. The molecule has 0 aromatic heterocycles. The van der Waals surface area contributed by atoms with Gasteiger partial charge in [-0.1, -0.05) is 36.2 Å². The Morgan fingerprint density at radius 2 is 1.74 bits per heavy atom. The highest BCUT2D eigenvalue weighted by molar-refractivity contribution is 6.40. The summed E-state index contributed by atoms with van der Waals surface area (Å²) in [5, 5.41) is 0.640. The fourth-order valence-electron chi connectivity index (χ4n) is 4.01. The van der Waals surface area contributed by atoms with Crippen molar-refractivity contribution in [1.29, 1.82) is 0 Å². The standard InChI is InChI=1S/C29H35ClN2O6/c1-29(2,3)38-28(35)31-24-8-6-5-7-15-32(27(24)34)18-22-16-21(17-26(33)36-4)11-14-25(22)37-19-20-9-12-23(30)13-10-20/h9-14,16H,5-8,15,17-19H2,1-4H3/b31-24+. The van der Waals surface area contributed by atoms with E-state index >= 15 is 0 Å². The van der Waals surface area contributed by atoms with Crippen LogP contribution in [-0.2, 0) is 38.6 Å². The van der Waals surface area contributed by atoms with Crippen molar-refractivity contribution in [3.63, 3.8) is 0 Å². The summed E-state index contributed by atoms with van der Waals surface area (Å²) in [4.78, 5) is 43.5. The minimum absolute atomic E-state index is 0.0975. The Morgan fingerprint density at radius 1 is 1.03 bits per heavy atom. The number of amides is 2. The number of likely N-dealkylation sites (tertiary alicyclic amines) is 1. The number of nitrogens with zero attached hydrogens (tertiary/aromatic N) is 2. The predicted octanol–water partition coefficient (Wildman–Crippen LogP) is 5.91. The number of esters is 1. The molecule has 9 heteroatoms. The highest BCUT2D eigenvalue weighted by Gasteiger charge is 2.25. The van der Waals surface area contributed by atoms with Crippen LogP contribution in [0.5, 0.6) is 5.75 Å². The van der Waals surface area contributed by atoms with Crippen molar-refractivity contribution in [1.82, 2.24) is 4.90 Å². The van der Waals surface area contributed by atoms with Crippen molar-refractivity contribution in [3.05, 3.63) is 64.2 Å². The van der Waals surface area contributed by atoms with Gasteiger partial charge in [-0.25, -0.2) is 4.79 Å². The molecule has 0 N–H and O–H groups in total. The molecule has 204 valence electrons. The van der Waals surface area contributed by atoms with Gasteiger partial charge < -0.3 is 19.1 Å². The number of carbonyl (C=O) groups excluding carboxylic acids is 3. The van der Waals surface area contributed by atoms with Gasteiger partial charge in [-0.05, 0) is 75.4 Å². The van der Waals surface area contributed by atoms with Crippen LogP contribution in [0.1, 0.15) is 63.1 Å². The van der Waals surface area contributed by atoms with E-state index in [9.17, 15) is 14.4 Å². The molecule has 0 atom stereocenters. The van der Waals surface area contributed by atoms with E-state index < -0.39 is 11.7 Å². The third kappa shape index (κ3) is 9.17. The summed E-state index contributed by atoms with van der Waals surface area (Å²) in [5.74, 6) is -0.0773. The van der Waals surface area contributed by atoms with Crippen molar-refractivity contribution in [2.75, 3.05) is 13.7 Å². The minimum atomic E-state index is -0.770. The van der Waals surface area contributed by atoms with Crippen LogP contribution in [0.4, 0.5) is 4.79 Å². The highest BCUT2D eigenvalue weighted by Crippen LogP contribution is 2.25. The van der Waals surface area contributed by atoms with Gasteiger partial charge in [-0.3, -0.25) is 9.59 Å². The molecule has 8 nitrogen and oxygen atoms in total. The Morgan fingerprint density at radius 3 is 2.42 bits per heavy atom. The van der Waals surface area contributed by atoms with Gasteiger partial charge in [0.2, 0.25) is 0 Å². The predicted molar refractivity (Wildman–Crippen MR) is 145 cm³/mol. The number of ether oxygens (including phenoxy) is 3. The van der Waals surface area contributed by atoms with Crippen LogP contribution in [-0.4, -0.2) is 47.8 Å². The lowest BCUT2D eigenvalue weighted by Crippen LogP contribution is -2.39. The molecule has 1 saturated heterocycles. The molecule has 1 fully saturated rings. The molecule has 0 bridgehead atoms. The minimum Gasteiger partial charge on any atom is -0.489 e. The first-order chi connectivity index (χ1) is 18.0. The molecule has 0 unspecified atom stereocenters. The molecule has 38 heavy (non-hydrogen) atoms. The Hall–Kier alpha value is -3.39. The molecule has 0 spiro atoms. The first-order valence-electron chi connectivity index (χ1n) is 12.7. The van der Waals surface area contributed by atoms with Gasteiger partial charge in [0.05, 0.1) is 13.5 Å². The van der Waals surface area contributed by atoms with Crippen molar-refractivity contribution >= 4 is 35.3 Å². The summed E-state index contributed by atoms with van der Waals surface area (Å²) in [7, 11) is 1.34. The highest BCUT2D eigenvalue weighted by atomic mass is 35.5. The van der Waals surface area contributed by atoms with Crippen molar-refractivity contribution in [2.45, 2.75) is 71.6 Å². The van der Waals surface area contributed by atoms with E-state index in [1.807, 2.05) is 24.3 Å². The average molecular weight is 543 g/mol. The topological polar surface area (TPSA) is 94.5 Å². The van der Waals surface area contributed by atoms with Gasteiger partial charge in [0.15, 0.2) is 0 Å². The van der Waals surface area contributed by atoms with Crippen LogP contribution in [0.15, 0.2) is 47.5 Å². The molecule has 1 aliphatic heterocycles. The van der Waals surface area contributed by atoms with Crippen molar-refractivity contribution < 1.29 is 28.6 Å². The SMILES string of the molecule is COC(=O)Cc1ccc(OCc2ccc(Cl)cc2)c(CN2CCCCC/C(=N\C(=O)OC(C)(C)C)C2=O)c1. The second-order valence-electron chi connectivity index (χ2n) is 10.2. The zero-order valence-electron chi connectivity index (χ0n) is 22.4. The largest absolute Gasteiger partial charge is 0.489 e. The number of halogens is 1. The Balaban J connectivity index is 1.87. The van der Waals surface area contributed by atoms with Crippen molar-refractivity contribution in [3.8, 4) is 5.75 Å². The number of hydrogen-bond acceptors (Lipinski definition) is 6. The lowest BCUT2D eigenvalue weighted by atomic mass is 10.0. The van der Waals surface area contributed by atoms with Crippen molar-refractivity contribution in [2.24, 2.45) is 4.99 Å². The summed E-state index contributed by atoms with van der Waals surface area (Å²) in [6.07, 6.45) is 2.23. The van der Waals surface area contributed by atoms with Gasteiger partial charge in [0.25, 0.3) is 5.91 Å². The van der Waals surface area contributed by atoms with Crippen LogP contribution in [0, 0.1) is 0 Å². The number of hydrogen-bond donors (Lipinski definition) is 0. The summed E-state index contributed by atoms with van der Waals surface area (Å²) in [6.45, 7) is 6.31. The number of rotatable bonds is 7. The Labute approximate surface area is 228 Å². The maximum Gasteiger partial charge on any atom is 0.434 e. The smallest absolute Gasteiger partial charge is 0.434 e. The first-order valence-corrected chi connectivity index (χ1v) is 13.1. The molecule has 3 rings (SSSR count). The van der Waals surface area contributed by atoms with E-state index in [0.29, 0.717) is 30.3 Å². The van der Waals surface area contributed by atoms with Gasteiger partial charge in [0.1, 0.15) is 23.7 Å². The second-order valence-corrected chi connectivity index (χ2v) is 10.6. The molecular weight excluding hydrogens is 508 g/mol. The molecule has 1 aliphatic rings. The fourth-order valence-corrected chi connectivity index (χ4v) is 4.13. The summed E-state index contributed by atoms with van der Waals surface area (Å²) in [5.41, 5.74) is 1.90. The Bertz CT molecular complexity index is 1170. The number of benzene rings is 2. The molecule has 0 saturated carbocycles. The van der Waals surface area contributed by atoms with Crippen LogP contribution in [0.2, 0.25) is 5.02 Å². The quantitative estimate of drug-likeness (QED) is 0.403. The van der Waals surface area contributed by atoms with E-state index in [2.05, 4.69) is 4.99 Å². The lowest BCUT2D eigenvalue weighted by Gasteiger charge is -2.27. The van der Waals surface area contributed by atoms with Gasteiger partial charge in [-0.2, -0.15) is 4.99 Å². The maximum absolute atomic E-state index is 13.5. The normalized spacial score (nSPS) is 15.6. The molecule has 2 aromatic rings. The maximum atomic E-state index is 13.5. The summed E-state index contributed by atoms with van der Waals surface area (Å²) < 4.78 is 16.3. The second kappa shape index (κ2) is 13.4. The monoisotopic (exact) mass is 542 g/mol. The van der Waals surface area contributed by atoms with Gasteiger partial charge in [-0.15, -0.1) is 0 Å². The summed E-state index contributed by atoms with van der Waals surface area (Å²) >= 11 is 5.99. The third-order valence-corrected chi connectivity index (χ3v) is 6.12. The van der Waals surface area contributed by atoms with Gasteiger partial charge in [0, 0.05) is 23.7 Å². The fraction of sp³-hybridized carbons (Fsp3) is 0.448. The molecule has 2 aromatic carbocycles. The van der Waals surface area contributed by atoms with E-state index in [-0.39, 0.29) is 30.6 Å². The lowest BCUT2D eigenvalue weighted by molar-refractivity contribution is -0.139. The molecule has 0 aliphatic carbocycles.